The second-order valence-electron chi connectivity index (χ2n) is 6.55. The fourth-order valence-electron chi connectivity index (χ4n) is 1.88. The number of hydrogen-bond acceptors (Lipinski definition) is 4. The standard InChI is InChI=1S/C21H25ClF3N3O/c1-14(2)6-5-7-19(26)17(9-22)12-27-10-16-8-18(23)20(28-11-16)29-13-21(24,25)15(3)4/h5,7-8,11-12H,1,3,6,9-10,13,26H2,2,4H3/b7-5-,19-17?,27-12?. The first-order chi connectivity index (χ1) is 13.6. The molecule has 1 aromatic heterocycles. The molecule has 0 saturated heterocycles. The van der Waals surface area contributed by atoms with Gasteiger partial charge in [0.2, 0.25) is 0 Å². The zero-order valence-corrected chi connectivity index (χ0v) is 17.3. The predicted molar refractivity (Wildman–Crippen MR) is 112 cm³/mol. The van der Waals surface area contributed by atoms with E-state index in [1.165, 1.54) is 19.3 Å². The minimum atomic E-state index is -3.26. The van der Waals surface area contributed by atoms with E-state index in [4.69, 9.17) is 22.1 Å². The fraction of sp³-hybridized carbons (Fsp3) is 0.333. The van der Waals surface area contributed by atoms with E-state index < -0.39 is 24.2 Å². The molecule has 0 aliphatic rings. The van der Waals surface area contributed by atoms with Gasteiger partial charge in [0.05, 0.1) is 12.4 Å². The fourth-order valence-corrected chi connectivity index (χ4v) is 2.10. The molecule has 8 heteroatoms. The molecular formula is C21H25ClF3N3O. The van der Waals surface area contributed by atoms with Crippen molar-refractivity contribution in [3.8, 4) is 5.88 Å². The maximum atomic E-state index is 14.0. The first-order valence-electron chi connectivity index (χ1n) is 8.73. The van der Waals surface area contributed by atoms with Crippen LogP contribution in [0.4, 0.5) is 13.2 Å². The van der Waals surface area contributed by atoms with Crippen molar-refractivity contribution in [3.05, 3.63) is 71.4 Å². The van der Waals surface area contributed by atoms with Crippen LogP contribution >= 0.6 is 11.6 Å². The van der Waals surface area contributed by atoms with Gasteiger partial charge in [0.25, 0.3) is 5.88 Å². The van der Waals surface area contributed by atoms with Crippen LogP contribution in [0.25, 0.3) is 0 Å². The molecule has 0 radical (unpaired) electrons. The van der Waals surface area contributed by atoms with Crippen LogP contribution in [0.1, 0.15) is 25.8 Å². The number of halogens is 4. The number of pyridine rings is 1. The molecule has 158 valence electrons. The summed E-state index contributed by atoms with van der Waals surface area (Å²) in [6.45, 7) is 9.12. The van der Waals surface area contributed by atoms with Crippen molar-refractivity contribution in [2.24, 2.45) is 10.7 Å². The van der Waals surface area contributed by atoms with E-state index in [0.29, 0.717) is 23.3 Å². The Balaban J connectivity index is 2.76. The van der Waals surface area contributed by atoms with Gasteiger partial charge in [0, 0.05) is 23.7 Å². The zero-order valence-electron chi connectivity index (χ0n) is 16.5. The average Bonchev–Trinajstić information content (AvgIpc) is 2.64. The van der Waals surface area contributed by atoms with Crippen LogP contribution in [0, 0.1) is 5.82 Å². The minimum Gasteiger partial charge on any atom is -0.469 e. The number of hydrogen-bond donors (Lipinski definition) is 1. The Morgan fingerprint density at radius 1 is 1.38 bits per heavy atom. The van der Waals surface area contributed by atoms with Gasteiger partial charge in [-0.3, -0.25) is 4.99 Å². The van der Waals surface area contributed by atoms with Crippen LogP contribution in [-0.4, -0.2) is 29.6 Å². The maximum Gasteiger partial charge on any atom is 0.302 e. The molecule has 2 N–H and O–H groups in total. The molecule has 0 aliphatic carbocycles. The van der Waals surface area contributed by atoms with Gasteiger partial charge in [0.1, 0.15) is 0 Å². The molecule has 29 heavy (non-hydrogen) atoms. The highest BCUT2D eigenvalue weighted by Gasteiger charge is 2.31. The Bertz CT molecular complexity index is 832. The van der Waals surface area contributed by atoms with E-state index in [1.807, 2.05) is 13.0 Å². The molecule has 1 aromatic rings. The highest BCUT2D eigenvalue weighted by atomic mass is 35.5. The molecule has 0 amide bonds. The van der Waals surface area contributed by atoms with Gasteiger partial charge in [-0.05, 0) is 43.5 Å². The van der Waals surface area contributed by atoms with E-state index in [0.717, 1.165) is 11.6 Å². The van der Waals surface area contributed by atoms with E-state index >= 15 is 0 Å². The van der Waals surface area contributed by atoms with Gasteiger partial charge >= 0.3 is 5.92 Å². The molecule has 0 aromatic carbocycles. The number of aromatic nitrogens is 1. The summed E-state index contributed by atoms with van der Waals surface area (Å²) in [6.07, 6.45) is 7.10. The summed E-state index contributed by atoms with van der Waals surface area (Å²) in [5, 5.41) is 0. The summed E-state index contributed by atoms with van der Waals surface area (Å²) in [4.78, 5) is 7.91. The van der Waals surface area contributed by atoms with Gasteiger partial charge in [-0.25, -0.2) is 9.37 Å². The van der Waals surface area contributed by atoms with Crippen molar-refractivity contribution >= 4 is 17.8 Å². The molecule has 4 nitrogen and oxygen atoms in total. The Labute approximate surface area is 174 Å². The number of nitrogens with two attached hydrogens (primary N) is 1. The SMILES string of the molecule is C=C(C)C/C=C\C(N)=C(C=NCc1cnc(OCC(F)(F)C(=C)C)c(F)c1)CCl. The predicted octanol–water partition coefficient (Wildman–Crippen LogP) is 5.36. The van der Waals surface area contributed by atoms with E-state index in [9.17, 15) is 13.2 Å². The normalized spacial score (nSPS) is 13.0. The lowest BCUT2D eigenvalue weighted by atomic mass is 10.2. The van der Waals surface area contributed by atoms with Gasteiger partial charge in [0.15, 0.2) is 12.4 Å². The first-order valence-corrected chi connectivity index (χ1v) is 9.26. The molecule has 1 rings (SSSR count). The minimum absolute atomic E-state index is 0.106. The van der Waals surface area contributed by atoms with Crippen LogP contribution in [0.2, 0.25) is 0 Å². The summed E-state index contributed by atoms with van der Waals surface area (Å²) in [7, 11) is 0. The van der Waals surface area contributed by atoms with Gasteiger partial charge < -0.3 is 10.5 Å². The van der Waals surface area contributed by atoms with Gasteiger partial charge in [-0.15, -0.1) is 11.6 Å². The molecule has 0 fully saturated rings. The summed E-state index contributed by atoms with van der Waals surface area (Å²) in [5.41, 5.74) is 8.10. The van der Waals surface area contributed by atoms with Crippen LogP contribution < -0.4 is 10.5 Å². The maximum absolute atomic E-state index is 14.0. The lowest BCUT2D eigenvalue weighted by Crippen LogP contribution is -2.27. The molecular weight excluding hydrogens is 403 g/mol. The third-order valence-corrected chi connectivity index (χ3v) is 3.97. The van der Waals surface area contributed by atoms with E-state index in [2.05, 4.69) is 23.1 Å². The van der Waals surface area contributed by atoms with Crippen LogP contribution in [0.3, 0.4) is 0 Å². The number of nitrogens with zero attached hydrogens (tertiary/aromatic N) is 2. The van der Waals surface area contributed by atoms with Gasteiger partial charge in [-0.2, -0.15) is 8.78 Å². The lowest BCUT2D eigenvalue weighted by Gasteiger charge is -2.16. The van der Waals surface area contributed by atoms with Gasteiger partial charge in [-0.1, -0.05) is 24.8 Å². The molecule has 0 atom stereocenters. The first kappa shape index (κ1) is 24.5. The third kappa shape index (κ3) is 8.56. The summed E-state index contributed by atoms with van der Waals surface area (Å²) in [6, 6.07) is 1.12. The number of alkyl halides is 3. The molecule has 1 heterocycles. The Hall–Kier alpha value is -2.54. The molecule has 0 unspecified atom stereocenters. The smallest absolute Gasteiger partial charge is 0.302 e. The van der Waals surface area contributed by atoms with Crippen LogP contribution in [0.5, 0.6) is 5.88 Å². The van der Waals surface area contributed by atoms with Crippen LogP contribution in [0.15, 0.2) is 65.0 Å². The highest BCUT2D eigenvalue weighted by molar-refractivity contribution is 6.21. The molecule has 0 spiro atoms. The summed E-state index contributed by atoms with van der Waals surface area (Å²) < 4.78 is 45.8. The highest BCUT2D eigenvalue weighted by Crippen LogP contribution is 2.24. The number of ether oxygens (including phenoxy) is 1. The summed E-state index contributed by atoms with van der Waals surface area (Å²) >= 11 is 5.89. The molecule has 0 bridgehead atoms. The Morgan fingerprint density at radius 3 is 2.62 bits per heavy atom. The Kier molecular flexibility index (Phi) is 9.68. The number of allylic oxidation sites excluding steroid dienone is 4. The molecule has 0 aliphatic heterocycles. The number of rotatable bonds is 11. The van der Waals surface area contributed by atoms with Crippen molar-refractivity contribution in [2.75, 3.05) is 12.5 Å². The largest absolute Gasteiger partial charge is 0.469 e. The second-order valence-corrected chi connectivity index (χ2v) is 6.82. The lowest BCUT2D eigenvalue weighted by molar-refractivity contribution is -0.00814. The van der Waals surface area contributed by atoms with Crippen molar-refractivity contribution in [3.63, 3.8) is 0 Å². The monoisotopic (exact) mass is 427 g/mol. The number of aliphatic imine (C=N–C) groups is 1. The zero-order chi connectivity index (χ0) is 22.0. The second kappa shape index (κ2) is 11.5. The van der Waals surface area contributed by atoms with E-state index in [1.54, 1.807) is 6.08 Å². The quantitative estimate of drug-likeness (QED) is 0.224. The Morgan fingerprint density at radius 2 is 2.07 bits per heavy atom. The van der Waals surface area contributed by atoms with E-state index in [-0.39, 0.29) is 18.0 Å². The topological polar surface area (TPSA) is 60.5 Å². The average molecular weight is 428 g/mol. The van der Waals surface area contributed by atoms with Crippen molar-refractivity contribution < 1.29 is 17.9 Å². The molecule has 0 saturated carbocycles. The van der Waals surface area contributed by atoms with Crippen molar-refractivity contribution in [1.29, 1.82) is 0 Å². The summed E-state index contributed by atoms with van der Waals surface area (Å²) in [5.74, 6) is -4.47. The van der Waals surface area contributed by atoms with Crippen molar-refractivity contribution in [2.45, 2.75) is 32.7 Å². The van der Waals surface area contributed by atoms with Crippen molar-refractivity contribution in [1.82, 2.24) is 4.98 Å². The third-order valence-electron chi connectivity index (χ3n) is 3.68. The van der Waals surface area contributed by atoms with Crippen LogP contribution in [-0.2, 0) is 6.54 Å².